The molecular weight excluding hydrogens is 356 g/mol. The van der Waals surface area contributed by atoms with E-state index in [2.05, 4.69) is 5.32 Å². The van der Waals surface area contributed by atoms with Crippen LogP contribution in [0.1, 0.15) is 61.5 Å². The second-order valence-corrected chi connectivity index (χ2v) is 8.60. The van der Waals surface area contributed by atoms with Crippen LogP contribution in [0.5, 0.6) is 0 Å². The molecule has 0 aliphatic carbocycles. The van der Waals surface area contributed by atoms with E-state index in [4.69, 9.17) is 0 Å². The molecule has 2 rings (SSSR count). The van der Waals surface area contributed by atoms with Gasteiger partial charge in [0.15, 0.2) is 0 Å². The van der Waals surface area contributed by atoms with E-state index in [0.29, 0.717) is 25.1 Å². The van der Waals surface area contributed by atoms with E-state index in [9.17, 15) is 19.5 Å². The minimum Gasteiger partial charge on any atom is -0.481 e. The lowest BCUT2D eigenvalue weighted by Gasteiger charge is -2.37. The zero-order valence-corrected chi connectivity index (χ0v) is 17.5. The first-order valence-electron chi connectivity index (χ1n) is 9.93. The smallest absolute Gasteiger partial charge is 0.305 e. The Kier molecular flexibility index (Phi) is 6.86. The molecule has 154 valence electrons. The average molecular weight is 389 g/mol. The van der Waals surface area contributed by atoms with Crippen molar-refractivity contribution < 1.29 is 19.5 Å². The van der Waals surface area contributed by atoms with Crippen molar-refractivity contribution in [2.24, 2.45) is 11.8 Å². The van der Waals surface area contributed by atoms with E-state index >= 15 is 0 Å². The summed E-state index contributed by atoms with van der Waals surface area (Å²) in [5.74, 6) is -1.51. The van der Waals surface area contributed by atoms with E-state index in [-0.39, 0.29) is 30.1 Å². The van der Waals surface area contributed by atoms with Gasteiger partial charge in [0.25, 0.3) is 5.91 Å². The van der Waals surface area contributed by atoms with Crippen molar-refractivity contribution in [2.75, 3.05) is 13.1 Å². The summed E-state index contributed by atoms with van der Waals surface area (Å²) < 4.78 is 0. The second kappa shape index (κ2) is 8.76. The number of amides is 2. The van der Waals surface area contributed by atoms with Crippen LogP contribution in [0.25, 0.3) is 0 Å². The summed E-state index contributed by atoms with van der Waals surface area (Å²) in [6, 6.07) is 5.78. The van der Waals surface area contributed by atoms with Crippen molar-refractivity contribution in [3.05, 3.63) is 34.9 Å². The Bertz CT molecular complexity index is 739. The maximum Gasteiger partial charge on any atom is 0.305 e. The highest BCUT2D eigenvalue weighted by Gasteiger charge is 2.36. The van der Waals surface area contributed by atoms with Crippen LogP contribution in [0.4, 0.5) is 0 Å². The number of carbonyl (C=O) groups is 3. The number of rotatable bonds is 6. The van der Waals surface area contributed by atoms with Crippen LogP contribution in [0, 0.1) is 25.7 Å². The fraction of sp³-hybridized carbons (Fsp3) is 0.591. The molecule has 6 heteroatoms. The van der Waals surface area contributed by atoms with Gasteiger partial charge >= 0.3 is 5.97 Å². The number of likely N-dealkylation sites (tertiary alicyclic amines) is 1. The maximum absolute atomic E-state index is 12.9. The van der Waals surface area contributed by atoms with Crippen LogP contribution < -0.4 is 5.32 Å². The number of aliphatic carboxylic acids is 1. The number of carboxylic acids is 1. The van der Waals surface area contributed by atoms with Gasteiger partial charge in [-0.05, 0) is 51.7 Å². The van der Waals surface area contributed by atoms with Crippen LogP contribution in [0.2, 0.25) is 0 Å². The van der Waals surface area contributed by atoms with Gasteiger partial charge in [-0.25, -0.2) is 0 Å². The largest absolute Gasteiger partial charge is 0.481 e. The number of nitrogens with one attached hydrogen (secondary N) is 1. The van der Waals surface area contributed by atoms with Gasteiger partial charge in [-0.3, -0.25) is 14.4 Å². The molecule has 0 saturated carbocycles. The molecular formula is C22H32N2O4. The molecule has 28 heavy (non-hydrogen) atoms. The molecule has 2 unspecified atom stereocenters. The van der Waals surface area contributed by atoms with Crippen molar-refractivity contribution in [3.63, 3.8) is 0 Å². The number of carbonyl (C=O) groups excluding carboxylic acids is 2. The summed E-state index contributed by atoms with van der Waals surface area (Å²) in [5.41, 5.74) is 1.91. The third-order valence-corrected chi connectivity index (χ3v) is 5.75. The summed E-state index contributed by atoms with van der Waals surface area (Å²) in [6.07, 6.45) is 1.32. The molecule has 2 amide bonds. The predicted molar refractivity (Wildman–Crippen MR) is 108 cm³/mol. The summed E-state index contributed by atoms with van der Waals surface area (Å²) in [5, 5.41) is 12.2. The van der Waals surface area contributed by atoms with Gasteiger partial charge in [0.2, 0.25) is 5.91 Å². The van der Waals surface area contributed by atoms with Gasteiger partial charge in [0, 0.05) is 24.2 Å². The highest BCUT2D eigenvalue weighted by molar-refractivity contribution is 5.95. The number of nitrogens with zero attached hydrogens (tertiary/aromatic N) is 1. The Balaban J connectivity index is 2.10. The fourth-order valence-electron chi connectivity index (χ4n) is 3.75. The van der Waals surface area contributed by atoms with Crippen LogP contribution >= 0.6 is 0 Å². The lowest BCUT2D eigenvalue weighted by Crippen LogP contribution is -2.55. The van der Waals surface area contributed by atoms with Crippen molar-refractivity contribution in [1.82, 2.24) is 10.2 Å². The third-order valence-electron chi connectivity index (χ3n) is 5.75. The first-order valence-corrected chi connectivity index (χ1v) is 9.93. The van der Waals surface area contributed by atoms with Gasteiger partial charge in [0.05, 0.1) is 12.3 Å². The quantitative estimate of drug-likeness (QED) is 0.784. The Hall–Kier alpha value is -2.37. The van der Waals surface area contributed by atoms with Crippen LogP contribution in [0.3, 0.4) is 0 Å². The van der Waals surface area contributed by atoms with Crippen LogP contribution in [-0.2, 0) is 9.59 Å². The van der Waals surface area contributed by atoms with E-state index in [1.807, 2.05) is 45.9 Å². The van der Waals surface area contributed by atoms with Crippen molar-refractivity contribution in [2.45, 2.75) is 59.4 Å². The predicted octanol–water partition coefficient (Wildman–Crippen LogP) is 3.16. The molecule has 1 aromatic carbocycles. The molecule has 0 aromatic heterocycles. The number of piperidine rings is 1. The highest BCUT2D eigenvalue weighted by Crippen LogP contribution is 2.24. The molecule has 0 radical (unpaired) electrons. The van der Waals surface area contributed by atoms with E-state index < -0.39 is 11.5 Å². The van der Waals surface area contributed by atoms with E-state index in [0.717, 1.165) is 17.5 Å². The average Bonchev–Trinajstić information content (AvgIpc) is 2.59. The number of hydrogen-bond donors (Lipinski definition) is 2. The fourth-order valence-corrected chi connectivity index (χ4v) is 3.75. The monoisotopic (exact) mass is 388 g/mol. The topological polar surface area (TPSA) is 86.7 Å². The normalized spacial score (nSPS) is 19.2. The van der Waals surface area contributed by atoms with Crippen LogP contribution in [0.15, 0.2) is 18.2 Å². The Morgan fingerprint density at radius 3 is 2.36 bits per heavy atom. The molecule has 2 atom stereocenters. The lowest BCUT2D eigenvalue weighted by atomic mass is 9.84. The molecule has 1 aliphatic heterocycles. The van der Waals surface area contributed by atoms with Crippen molar-refractivity contribution in [3.8, 4) is 0 Å². The molecule has 6 nitrogen and oxygen atoms in total. The first kappa shape index (κ1) is 21.9. The third kappa shape index (κ3) is 5.33. The van der Waals surface area contributed by atoms with Gasteiger partial charge in [0.1, 0.15) is 0 Å². The number of aryl methyl sites for hydroxylation is 2. The summed E-state index contributed by atoms with van der Waals surface area (Å²) in [4.78, 5) is 38.8. The number of benzene rings is 1. The molecule has 1 heterocycles. The Morgan fingerprint density at radius 1 is 1.21 bits per heavy atom. The van der Waals surface area contributed by atoms with Gasteiger partial charge in [-0.15, -0.1) is 0 Å². The van der Waals surface area contributed by atoms with E-state index in [1.165, 1.54) is 0 Å². The zero-order valence-electron chi connectivity index (χ0n) is 17.5. The van der Waals surface area contributed by atoms with Crippen molar-refractivity contribution >= 4 is 17.8 Å². The van der Waals surface area contributed by atoms with Gasteiger partial charge in [-0.2, -0.15) is 0 Å². The SMILES string of the molecule is Cc1cc(C)cc(C(=O)N2CCCC(C(=O)NC(C)(CC(=O)O)C(C)C)C2)c1. The minimum atomic E-state index is -0.938. The van der Waals surface area contributed by atoms with E-state index in [1.54, 1.807) is 11.8 Å². The molecule has 1 aliphatic rings. The molecule has 1 fully saturated rings. The summed E-state index contributed by atoms with van der Waals surface area (Å²) in [7, 11) is 0. The summed E-state index contributed by atoms with van der Waals surface area (Å²) in [6.45, 7) is 10.5. The zero-order chi connectivity index (χ0) is 21.1. The van der Waals surface area contributed by atoms with Gasteiger partial charge < -0.3 is 15.3 Å². The molecule has 0 bridgehead atoms. The minimum absolute atomic E-state index is 0.0239. The van der Waals surface area contributed by atoms with Crippen LogP contribution in [-0.4, -0.2) is 46.4 Å². The second-order valence-electron chi connectivity index (χ2n) is 8.60. The maximum atomic E-state index is 12.9. The lowest BCUT2D eigenvalue weighted by molar-refractivity contribution is -0.140. The highest BCUT2D eigenvalue weighted by atomic mass is 16.4. The first-order chi connectivity index (χ1) is 13.0. The van der Waals surface area contributed by atoms with Gasteiger partial charge in [-0.1, -0.05) is 31.0 Å². The summed E-state index contributed by atoms with van der Waals surface area (Å²) >= 11 is 0. The Labute approximate surface area is 167 Å². The molecule has 2 N–H and O–H groups in total. The Morgan fingerprint density at radius 2 is 1.82 bits per heavy atom. The molecule has 0 spiro atoms. The number of carboxylic acid groups (broad SMARTS) is 1. The molecule has 1 saturated heterocycles. The van der Waals surface area contributed by atoms with Crippen molar-refractivity contribution in [1.29, 1.82) is 0 Å². The molecule has 1 aromatic rings. The number of hydrogen-bond acceptors (Lipinski definition) is 3. The standard InChI is InChI=1S/C22H32N2O4/c1-14(2)22(5,12-19(25)26)23-20(27)17-7-6-8-24(13-17)21(28)18-10-15(3)9-16(4)11-18/h9-11,14,17H,6-8,12-13H2,1-5H3,(H,23,27)(H,25,26).